The molecule has 1 fully saturated rings. The zero-order valence-electron chi connectivity index (χ0n) is 6.17. The second-order valence-electron chi connectivity index (χ2n) is 2.77. The molecule has 0 aromatic heterocycles. The third-order valence-corrected chi connectivity index (χ3v) is 2.03. The molecule has 0 bridgehead atoms. The number of methoxy groups -OCH3 is 1. The summed E-state index contributed by atoms with van der Waals surface area (Å²) in [6.45, 7) is 0.710. The zero-order valence-corrected chi connectivity index (χ0v) is 6.17. The molecule has 0 aliphatic heterocycles. The molecule has 0 unspecified atom stereocenters. The number of hydrogen-bond donors (Lipinski definition) is 1. The van der Waals surface area contributed by atoms with Crippen LogP contribution in [-0.4, -0.2) is 19.6 Å². The van der Waals surface area contributed by atoms with Crippen molar-refractivity contribution in [2.45, 2.75) is 12.8 Å². The van der Waals surface area contributed by atoms with Gasteiger partial charge in [-0.1, -0.05) is 0 Å². The van der Waals surface area contributed by atoms with Gasteiger partial charge in [0.05, 0.1) is 7.11 Å². The van der Waals surface area contributed by atoms with Crippen molar-refractivity contribution in [1.29, 1.82) is 0 Å². The maximum absolute atomic E-state index is 10.7. The Morgan fingerprint density at radius 1 is 1.70 bits per heavy atom. The Labute approximate surface area is 60.5 Å². The molecule has 0 heterocycles. The highest BCUT2D eigenvalue weighted by molar-refractivity contribution is 5.69. The van der Waals surface area contributed by atoms with E-state index >= 15 is 0 Å². The van der Waals surface area contributed by atoms with Gasteiger partial charge in [0.2, 0.25) is 0 Å². The number of rotatable bonds is 3. The van der Waals surface area contributed by atoms with Gasteiger partial charge in [-0.3, -0.25) is 4.79 Å². The highest BCUT2D eigenvalue weighted by atomic mass is 16.5. The monoisotopic (exact) mass is 143 g/mol. The van der Waals surface area contributed by atoms with Gasteiger partial charge in [-0.05, 0) is 24.8 Å². The van der Waals surface area contributed by atoms with Crippen LogP contribution in [0, 0.1) is 11.8 Å². The summed E-state index contributed by atoms with van der Waals surface area (Å²) in [4.78, 5) is 10.7. The first kappa shape index (κ1) is 7.54. The van der Waals surface area contributed by atoms with E-state index in [-0.39, 0.29) is 5.97 Å². The van der Waals surface area contributed by atoms with E-state index in [4.69, 9.17) is 5.73 Å². The lowest BCUT2D eigenvalue weighted by atomic mass is 10.2. The first-order chi connectivity index (χ1) is 4.77. The zero-order chi connectivity index (χ0) is 7.56. The Morgan fingerprint density at radius 2 is 2.40 bits per heavy atom. The van der Waals surface area contributed by atoms with Crippen LogP contribution in [0.5, 0.6) is 0 Å². The number of carbonyl (C=O) groups is 1. The fourth-order valence-corrected chi connectivity index (χ4v) is 1.15. The van der Waals surface area contributed by atoms with Crippen molar-refractivity contribution in [2.75, 3.05) is 13.7 Å². The number of hydrogen-bond acceptors (Lipinski definition) is 3. The number of carbonyl (C=O) groups excluding carboxylic acids is 1. The van der Waals surface area contributed by atoms with Crippen molar-refractivity contribution >= 4 is 5.97 Å². The highest BCUT2D eigenvalue weighted by Gasteiger charge is 2.37. The molecule has 0 spiro atoms. The van der Waals surface area contributed by atoms with E-state index in [2.05, 4.69) is 4.74 Å². The predicted molar refractivity (Wildman–Crippen MR) is 37.3 cm³/mol. The minimum atomic E-state index is -0.110. The molecular weight excluding hydrogens is 130 g/mol. The Balaban J connectivity index is 2.11. The van der Waals surface area contributed by atoms with Gasteiger partial charge < -0.3 is 10.5 Å². The number of ether oxygens (including phenoxy) is 1. The third-order valence-electron chi connectivity index (χ3n) is 2.03. The molecular formula is C7H13NO2. The standard InChI is InChI=1S/C7H13NO2/c1-10-7(9)3-5-2-6(5)4-8/h5-6H,2-4,8H2,1H3/t5-,6+/m0/s1. The molecule has 0 radical (unpaired) electrons. The van der Waals surface area contributed by atoms with Gasteiger partial charge in [-0.15, -0.1) is 0 Å². The molecule has 1 aliphatic carbocycles. The maximum Gasteiger partial charge on any atom is 0.305 e. The molecule has 0 saturated heterocycles. The van der Waals surface area contributed by atoms with E-state index in [1.54, 1.807) is 0 Å². The molecule has 1 saturated carbocycles. The summed E-state index contributed by atoms with van der Waals surface area (Å²) in [7, 11) is 1.42. The van der Waals surface area contributed by atoms with Crippen molar-refractivity contribution in [3.8, 4) is 0 Å². The summed E-state index contributed by atoms with van der Waals surface area (Å²) < 4.78 is 4.51. The van der Waals surface area contributed by atoms with E-state index in [9.17, 15) is 4.79 Å². The molecule has 0 aromatic rings. The Hall–Kier alpha value is -0.570. The van der Waals surface area contributed by atoms with Crippen LogP contribution >= 0.6 is 0 Å². The van der Waals surface area contributed by atoms with Crippen molar-refractivity contribution in [3.63, 3.8) is 0 Å². The summed E-state index contributed by atoms with van der Waals surface area (Å²) in [6, 6.07) is 0. The highest BCUT2D eigenvalue weighted by Crippen LogP contribution is 2.40. The van der Waals surface area contributed by atoms with Crippen LogP contribution in [0.1, 0.15) is 12.8 Å². The second-order valence-corrected chi connectivity index (χ2v) is 2.77. The normalized spacial score (nSPS) is 29.8. The van der Waals surface area contributed by atoms with E-state index in [0.29, 0.717) is 24.8 Å². The predicted octanol–water partition coefficient (Wildman–Crippen LogP) is 0.144. The van der Waals surface area contributed by atoms with Gasteiger partial charge in [-0.25, -0.2) is 0 Å². The summed E-state index contributed by atoms with van der Waals surface area (Å²) >= 11 is 0. The Bertz CT molecular complexity index is 136. The summed E-state index contributed by atoms with van der Waals surface area (Å²) in [5, 5.41) is 0. The minimum Gasteiger partial charge on any atom is -0.469 e. The Morgan fingerprint density at radius 3 is 2.80 bits per heavy atom. The maximum atomic E-state index is 10.7. The van der Waals surface area contributed by atoms with Gasteiger partial charge in [0.1, 0.15) is 0 Å². The molecule has 1 rings (SSSR count). The lowest BCUT2D eigenvalue weighted by molar-refractivity contribution is -0.141. The van der Waals surface area contributed by atoms with E-state index in [1.165, 1.54) is 7.11 Å². The molecule has 3 heteroatoms. The lowest BCUT2D eigenvalue weighted by Crippen LogP contribution is -2.06. The summed E-state index contributed by atoms with van der Waals surface area (Å²) in [5.41, 5.74) is 5.39. The smallest absolute Gasteiger partial charge is 0.305 e. The molecule has 3 nitrogen and oxygen atoms in total. The van der Waals surface area contributed by atoms with Crippen molar-refractivity contribution in [2.24, 2.45) is 17.6 Å². The summed E-state index contributed by atoms with van der Waals surface area (Å²) in [5.74, 6) is 0.984. The SMILES string of the molecule is COC(=O)C[C@@H]1C[C@@H]1CN. The fraction of sp³-hybridized carbons (Fsp3) is 0.857. The van der Waals surface area contributed by atoms with Gasteiger partial charge in [0.15, 0.2) is 0 Å². The van der Waals surface area contributed by atoms with Crippen LogP contribution < -0.4 is 5.73 Å². The number of nitrogens with two attached hydrogens (primary N) is 1. The first-order valence-electron chi connectivity index (χ1n) is 3.54. The van der Waals surface area contributed by atoms with Crippen LogP contribution in [0.15, 0.2) is 0 Å². The third kappa shape index (κ3) is 1.70. The van der Waals surface area contributed by atoms with E-state index < -0.39 is 0 Å². The van der Waals surface area contributed by atoms with Crippen LogP contribution in [-0.2, 0) is 9.53 Å². The Kier molecular flexibility index (Phi) is 2.27. The molecule has 2 atom stereocenters. The van der Waals surface area contributed by atoms with Crippen molar-refractivity contribution in [1.82, 2.24) is 0 Å². The topological polar surface area (TPSA) is 52.3 Å². The van der Waals surface area contributed by atoms with E-state index in [1.807, 2.05) is 0 Å². The fourth-order valence-electron chi connectivity index (χ4n) is 1.15. The van der Waals surface area contributed by atoms with Crippen LogP contribution in [0.25, 0.3) is 0 Å². The molecule has 58 valence electrons. The molecule has 10 heavy (non-hydrogen) atoms. The molecule has 2 N–H and O–H groups in total. The molecule has 1 aliphatic rings. The van der Waals surface area contributed by atoms with Crippen LogP contribution in [0.4, 0.5) is 0 Å². The largest absolute Gasteiger partial charge is 0.469 e. The van der Waals surface area contributed by atoms with Gasteiger partial charge >= 0.3 is 5.97 Å². The second kappa shape index (κ2) is 3.01. The van der Waals surface area contributed by atoms with E-state index in [0.717, 1.165) is 6.42 Å². The molecule has 0 aromatic carbocycles. The number of esters is 1. The van der Waals surface area contributed by atoms with Crippen LogP contribution in [0.3, 0.4) is 0 Å². The van der Waals surface area contributed by atoms with Crippen molar-refractivity contribution in [3.05, 3.63) is 0 Å². The quantitative estimate of drug-likeness (QED) is 0.572. The van der Waals surface area contributed by atoms with Crippen molar-refractivity contribution < 1.29 is 9.53 Å². The van der Waals surface area contributed by atoms with Crippen LogP contribution in [0.2, 0.25) is 0 Å². The summed E-state index contributed by atoms with van der Waals surface area (Å²) in [6.07, 6.45) is 1.66. The average molecular weight is 143 g/mol. The molecule has 0 amide bonds. The lowest BCUT2D eigenvalue weighted by Gasteiger charge is -1.95. The van der Waals surface area contributed by atoms with Gasteiger partial charge in [0, 0.05) is 6.42 Å². The van der Waals surface area contributed by atoms with Gasteiger partial charge in [-0.2, -0.15) is 0 Å². The average Bonchev–Trinajstić information content (AvgIpc) is 2.67. The van der Waals surface area contributed by atoms with Gasteiger partial charge in [0.25, 0.3) is 0 Å². The minimum absolute atomic E-state index is 0.110. The first-order valence-corrected chi connectivity index (χ1v) is 3.54.